The fourth-order valence-electron chi connectivity index (χ4n) is 3.18. The quantitative estimate of drug-likeness (QED) is 0.656. The first-order valence-electron chi connectivity index (χ1n) is 6.41. The molecule has 2 aliphatic carbocycles. The molecule has 0 heteroatoms. The summed E-state index contributed by atoms with van der Waals surface area (Å²) in [6, 6.07) is 8.82. The molecule has 3 rings (SSSR count). The lowest BCUT2D eigenvalue weighted by atomic mass is 9.62. The molecule has 1 aromatic rings. The van der Waals surface area contributed by atoms with E-state index in [-0.39, 0.29) is 5.41 Å². The van der Waals surface area contributed by atoms with Gasteiger partial charge in [0.2, 0.25) is 0 Å². The smallest absolute Gasteiger partial charge is 0.0116 e. The lowest BCUT2D eigenvalue weighted by molar-refractivity contribution is 0.372. The second kappa shape index (κ2) is 3.73. The van der Waals surface area contributed by atoms with Crippen LogP contribution in [0.4, 0.5) is 0 Å². The van der Waals surface area contributed by atoms with Crippen molar-refractivity contribution < 1.29 is 0 Å². The summed E-state index contributed by atoms with van der Waals surface area (Å²) in [5, 5.41) is 0. The molecule has 0 aromatic heterocycles. The molecule has 0 heterocycles. The minimum absolute atomic E-state index is 0.238. The van der Waals surface area contributed by atoms with Gasteiger partial charge in [-0.25, -0.2) is 0 Å². The van der Waals surface area contributed by atoms with E-state index in [0.717, 1.165) is 0 Å². The summed E-state index contributed by atoms with van der Waals surface area (Å²) in [7, 11) is 0. The topological polar surface area (TPSA) is 0 Å². The lowest BCUT2D eigenvalue weighted by Gasteiger charge is -2.42. The van der Waals surface area contributed by atoms with E-state index in [1.54, 1.807) is 0 Å². The number of hydrogen-bond acceptors (Lipinski definition) is 0. The first kappa shape index (κ1) is 10.6. The van der Waals surface area contributed by atoms with Gasteiger partial charge in [0.15, 0.2) is 0 Å². The van der Waals surface area contributed by atoms with Crippen molar-refractivity contribution in [1.82, 2.24) is 0 Å². The third-order valence-electron chi connectivity index (χ3n) is 4.38. The Morgan fingerprint density at radius 3 is 2.82 bits per heavy atom. The highest BCUT2D eigenvalue weighted by molar-refractivity contribution is 5.67. The predicted octanol–water partition coefficient (Wildman–Crippen LogP) is 4.49. The Morgan fingerprint density at radius 1 is 1.18 bits per heavy atom. The van der Waals surface area contributed by atoms with Gasteiger partial charge in [-0.05, 0) is 23.1 Å². The van der Waals surface area contributed by atoms with Gasteiger partial charge in [0.25, 0.3) is 0 Å². The Labute approximate surface area is 103 Å². The molecule has 0 fully saturated rings. The minimum atomic E-state index is 0.238. The standard InChI is InChI=1S/C17H18/c1-3-17(2)15-10-6-4-8-13(15)12-14-9-5-7-11-16(14)17/h4-12,15H,3H2,1-2H3. The van der Waals surface area contributed by atoms with E-state index >= 15 is 0 Å². The van der Waals surface area contributed by atoms with Crippen LogP contribution in [0.1, 0.15) is 31.4 Å². The van der Waals surface area contributed by atoms with Crippen LogP contribution in [-0.4, -0.2) is 0 Å². The summed E-state index contributed by atoms with van der Waals surface area (Å²) in [6.07, 6.45) is 12.5. The maximum absolute atomic E-state index is 2.40. The van der Waals surface area contributed by atoms with Crippen LogP contribution in [0.5, 0.6) is 0 Å². The molecule has 0 aliphatic heterocycles. The van der Waals surface area contributed by atoms with Crippen LogP contribution in [0, 0.1) is 5.92 Å². The van der Waals surface area contributed by atoms with Gasteiger partial charge in [-0.2, -0.15) is 0 Å². The second-order valence-corrected chi connectivity index (χ2v) is 5.22. The summed E-state index contributed by atoms with van der Waals surface area (Å²) in [6.45, 7) is 4.69. The van der Waals surface area contributed by atoms with Crippen LogP contribution in [-0.2, 0) is 5.41 Å². The Kier molecular flexibility index (Phi) is 2.32. The Morgan fingerprint density at radius 2 is 2.00 bits per heavy atom. The second-order valence-electron chi connectivity index (χ2n) is 5.22. The Balaban J connectivity index is 2.25. The van der Waals surface area contributed by atoms with Crippen molar-refractivity contribution in [3.8, 4) is 0 Å². The van der Waals surface area contributed by atoms with Crippen molar-refractivity contribution in [1.29, 1.82) is 0 Å². The fourth-order valence-corrected chi connectivity index (χ4v) is 3.18. The van der Waals surface area contributed by atoms with E-state index in [1.165, 1.54) is 23.1 Å². The molecule has 2 unspecified atom stereocenters. The zero-order chi connectivity index (χ0) is 11.9. The molecule has 86 valence electrons. The number of fused-ring (bicyclic) bond motifs is 2. The van der Waals surface area contributed by atoms with Gasteiger partial charge in [0.05, 0.1) is 0 Å². The zero-order valence-corrected chi connectivity index (χ0v) is 10.5. The van der Waals surface area contributed by atoms with Gasteiger partial charge >= 0.3 is 0 Å². The van der Waals surface area contributed by atoms with E-state index in [9.17, 15) is 0 Å². The molecule has 0 N–H and O–H groups in total. The van der Waals surface area contributed by atoms with Crippen LogP contribution >= 0.6 is 0 Å². The monoisotopic (exact) mass is 222 g/mol. The van der Waals surface area contributed by atoms with Gasteiger partial charge in [-0.3, -0.25) is 0 Å². The van der Waals surface area contributed by atoms with Gasteiger partial charge in [0, 0.05) is 11.3 Å². The van der Waals surface area contributed by atoms with Crippen LogP contribution in [0.15, 0.2) is 54.1 Å². The maximum atomic E-state index is 2.40. The first-order valence-corrected chi connectivity index (χ1v) is 6.41. The number of rotatable bonds is 1. The Hall–Kier alpha value is -1.56. The predicted molar refractivity (Wildman–Crippen MR) is 73.8 cm³/mol. The van der Waals surface area contributed by atoms with Crippen molar-refractivity contribution in [2.45, 2.75) is 25.7 Å². The third kappa shape index (κ3) is 1.44. The molecule has 2 aliphatic rings. The number of benzene rings is 1. The molecule has 0 radical (unpaired) electrons. The van der Waals surface area contributed by atoms with E-state index in [0.29, 0.717) is 5.92 Å². The first-order chi connectivity index (χ1) is 8.25. The molecule has 0 bridgehead atoms. The average molecular weight is 222 g/mol. The van der Waals surface area contributed by atoms with Crippen LogP contribution < -0.4 is 0 Å². The lowest BCUT2D eigenvalue weighted by Crippen LogP contribution is -2.34. The number of hydrogen-bond donors (Lipinski definition) is 0. The van der Waals surface area contributed by atoms with E-state index in [2.05, 4.69) is 68.5 Å². The largest absolute Gasteiger partial charge is 0.0761 e. The van der Waals surface area contributed by atoms with E-state index < -0.39 is 0 Å². The fraction of sp³-hybridized carbons (Fsp3) is 0.294. The van der Waals surface area contributed by atoms with Crippen molar-refractivity contribution >= 4 is 6.08 Å². The summed E-state index contributed by atoms with van der Waals surface area (Å²) < 4.78 is 0. The Bertz CT molecular complexity index is 531. The highest BCUT2D eigenvalue weighted by Crippen LogP contribution is 2.47. The van der Waals surface area contributed by atoms with Crippen molar-refractivity contribution in [3.05, 3.63) is 65.3 Å². The van der Waals surface area contributed by atoms with Crippen molar-refractivity contribution in [3.63, 3.8) is 0 Å². The SMILES string of the molecule is CCC1(C)c2ccccc2C=C2C=CC=CC21. The van der Waals surface area contributed by atoms with Gasteiger partial charge < -0.3 is 0 Å². The van der Waals surface area contributed by atoms with E-state index in [4.69, 9.17) is 0 Å². The zero-order valence-electron chi connectivity index (χ0n) is 10.5. The van der Waals surface area contributed by atoms with E-state index in [1.807, 2.05) is 0 Å². The average Bonchev–Trinajstić information content (AvgIpc) is 2.39. The molecule has 0 saturated carbocycles. The maximum Gasteiger partial charge on any atom is 0.0116 e. The molecule has 0 amide bonds. The minimum Gasteiger partial charge on any atom is -0.0761 e. The molecule has 17 heavy (non-hydrogen) atoms. The highest BCUT2D eigenvalue weighted by atomic mass is 14.4. The van der Waals surface area contributed by atoms with Gasteiger partial charge in [0.1, 0.15) is 0 Å². The number of allylic oxidation sites excluding steroid dienone is 5. The third-order valence-corrected chi connectivity index (χ3v) is 4.38. The molecular weight excluding hydrogens is 204 g/mol. The van der Waals surface area contributed by atoms with Crippen molar-refractivity contribution in [2.75, 3.05) is 0 Å². The summed E-state index contributed by atoms with van der Waals surface area (Å²) >= 11 is 0. The molecule has 0 spiro atoms. The van der Waals surface area contributed by atoms with Gasteiger partial charge in [-0.1, -0.05) is 68.5 Å². The molecule has 0 nitrogen and oxygen atoms in total. The molecular formula is C17H18. The summed E-state index contributed by atoms with van der Waals surface area (Å²) in [5.74, 6) is 0.535. The van der Waals surface area contributed by atoms with Crippen molar-refractivity contribution in [2.24, 2.45) is 5.92 Å². The molecule has 0 saturated heterocycles. The molecule has 1 aromatic carbocycles. The molecule has 2 atom stereocenters. The highest BCUT2D eigenvalue weighted by Gasteiger charge is 2.38. The van der Waals surface area contributed by atoms with Crippen LogP contribution in [0.3, 0.4) is 0 Å². The van der Waals surface area contributed by atoms with Crippen LogP contribution in [0.2, 0.25) is 0 Å². The summed E-state index contributed by atoms with van der Waals surface area (Å²) in [5.41, 5.74) is 4.58. The van der Waals surface area contributed by atoms with Gasteiger partial charge in [-0.15, -0.1) is 0 Å². The van der Waals surface area contributed by atoms with Crippen LogP contribution in [0.25, 0.3) is 6.08 Å². The normalized spacial score (nSPS) is 29.5. The summed E-state index contributed by atoms with van der Waals surface area (Å²) in [4.78, 5) is 0.